The van der Waals surface area contributed by atoms with Gasteiger partial charge in [0.2, 0.25) is 0 Å². The summed E-state index contributed by atoms with van der Waals surface area (Å²) in [6, 6.07) is 2.25. The van der Waals surface area contributed by atoms with Crippen molar-refractivity contribution in [1.82, 2.24) is 15.1 Å². The van der Waals surface area contributed by atoms with Gasteiger partial charge < -0.3 is 5.32 Å². The second kappa shape index (κ2) is 9.13. The highest BCUT2D eigenvalue weighted by atomic mass is 15.3. The zero-order chi connectivity index (χ0) is 14.1. The largest absolute Gasteiger partial charge is 0.316 e. The predicted molar refractivity (Wildman–Crippen MR) is 82.5 cm³/mol. The minimum atomic E-state index is 0.753. The summed E-state index contributed by atoms with van der Waals surface area (Å²) in [6.45, 7) is 12.3. The van der Waals surface area contributed by atoms with Gasteiger partial charge in [-0.15, -0.1) is 0 Å². The van der Waals surface area contributed by atoms with Crippen LogP contribution in [0.4, 0.5) is 0 Å². The van der Waals surface area contributed by atoms with Crippen molar-refractivity contribution in [3.8, 4) is 0 Å². The fourth-order valence-corrected chi connectivity index (χ4v) is 2.25. The van der Waals surface area contributed by atoms with Crippen LogP contribution in [-0.4, -0.2) is 22.9 Å². The van der Waals surface area contributed by atoms with E-state index in [4.69, 9.17) is 0 Å². The summed E-state index contributed by atoms with van der Waals surface area (Å²) in [5.41, 5.74) is 2.62. The number of rotatable bonds is 10. The van der Waals surface area contributed by atoms with E-state index < -0.39 is 0 Å². The first-order chi connectivity index (χ1) is 9.17. The third-order valence-corrected chi connectivity index (χ3v) is 3.41. The minimum absolute atomic E-state index is 0.753. The van der Waals surface area contributed by atoms with E-state index in [1.807, 2.05) is 0 Å². The number of aryl methyl sites for hydroxylation is 3. The molecule has 0 atom stereocenters. The van der Waals surface area contributed by atoms with Crippen molar-refractivity contribution < 1.29 is 0 Å². The molecule has 0 amide bonds. The topological polar surface area (TPSA) is 29.9 Å². The summed E-state index contributed by atoms with van der Waals surface area (Å²) < 4.78 is 2.21. The maximum Gasteiger partial charge on any atom is 0.0624 e. The highest BCUT2D eigenvalue weighted by molar-refractivity contribution is 5.10. The van der Waals surface area contributed by atoms with Crippen LogP contribution in [0, 0.1) is 5.92 Å². The molecule has 0 radical (unpaired) electrons. The molecular weight excluding hydrogens is 234 g/mol. The van der Waals surface area contributed by atoms with Gasteiger partial charge in [0.1, 0.15) is 0 Å². The van der Waals surface area contributed by atoms with Crippen LogP contribution in [-0.2, 0) is 19.4 Å². The molecule has 0 aliphatic carbocycles. The van der Waals surface area contributed by atoms with Crippen molar-refractivity contribution in [3.05, 3.63) is 17.5 Å². The van der Waals surface area contributed by atoms with Gasteiger partial charge in [-0.25, -0.2) is 0 Å². The average Bonchev–Trinajstić information content (AvgIpc) is 2.79. The summed E-state index contributed by atoms with van der Waals surface area (Å²) in [4.78, 5) is 0. The third kappa shape index (κ3) is 6.24. The van der Waals surface area contributed by atoms with Crippen molar-refractivity contribution in [2.45, 2.75) is 66.3 Å². The summed E-state index contributed by atoms with van der Waals surface area (Å²) in [6.07, 6.45) is 5.93. The van der Waals surface area contributed by atoms with Gasteiger partial charge >= 0.3 is 0 Å². The molecule has 19 heavy (non-hydrogen) atoms. The smallest absolute Gasteiger partial charge is 0.0624 e. The summed E-state index contributed by atoms with van der Waals surface area (Å²) in [5, 5.41) is 8.15. The molecule has 0 bridgehead atoms. The summed E-state index contributed by atoms with van der Waals surface area (Å²) in [7, 11) is 0. The zero-order valence-corrected chi connectivity index (χ0v) is 13.2. The van der Waals surface area contributed by atoms with Crippen LogP contribution in [0.2, 0.25) is 0 Å². The molecule has 110 valence electrons. The lowest BCUT2D eigenvalue weighted by molar-refractivity contribution is 0.497. The Kier molecular flexibility index (Phi) is 7.80. The van der Waals surface area contributed by atoms with E-state index in [0.717, 1.165) is 38.4 Å². The molecule has 1 aromatic heterocycles. The molecule has 1 N–H and O–H groups in total. The van der Waals surface area contributed by atoms with E-state index >= 15 is 0 Å². The van der Waals surface area contributed by atoms with E-state index in [2.05, 4.69) is 48.9 Å². The molecule has 1 rings (SSSR count). The maximum atomic E-state index is 4.66. The molecule has 0 spiro atoms. The van der Waals surface area contributed by atoms with Gasteiger partial charge in [-0.3, -0.25) is 4.68 Å². The standard InChI is InChI=1S/C16H31N3/c1-5-15-12-16(6-2)19(18-15)11-9-7-8-10-17-13-14(3)4/h12,14,17H,5-11,13H2,1-4H3. The van der Waals surface area contributed by atoms with E-state index in [0.29, 0.717) is 0 Å². The van der Waals surface area contributed by atoms with Crippen LogP contribution < -0.4 is 5.32 Å². The van der Waals surface area contributed by atoms with Gasteiger partial charge in [-0.05, 0) is 50.8 Å². The van der Waals surface area contributed by atoms with E-state index in [1.165, 1.54) is 30.7 Å². The van der Waals surface area contributed by atoms with Gasteiger partial charge in [0.15, 0.2) is 0 Å². The zero-order valence-electron chi connectivity index (χ0n) is 13.2. The SMILES string of the molecule is CCc1cc(CC)n(CCCCCNCC(C)C)n1. The average molecular weight is 265 g/mol. The Balaban J connectivity index is 2.16. The van der Waals surface area contributed by atoms with E-state index in [-0.39, 0.29) is 0 Å². The number of unbranched alkanes of at least 4 members (excludes halogenated alkanes) is 2. The quantitative estimate of drug-likeness (QED) is 0.657. The summed E-state index contributed by atoms with van der Waals surface area (Å²) in [5.74, 6) is 0.753. The van der Waals surface area contributed by atoms with Gasteiger partial charge in [0, 0.05) is 12.2 Å². The van der Waals surface area contributed by atoms with Crippen molar-refractivity contribution >= 4 is 0 Å². The van der Waals surface area contributed by atoms with E-state index in [1.54, 1.807) is 0 Å². The van der Waals surface area contributed by atoms with Crippen molar-refractivity contribution in [1.29, 1.82) is 0 Å². The predicted octanol–water partition coefficient (Wildman–Crippen LogP) is 3.42. The Morgan fingerprint density at radius 1 is 1.16 bits per heavy atom. The lowest BCUT2D eigenvalue weighted by Gasteiger charge is -2.08. The Bertz CT molecular complexity index is 342. The molecule has 0 unspecified atom stereocenters. The number of nitrogens with zero attached hydrogens (tertiary/aromatic N) is 2. The Morgan fingerprint density at radius 3 is 2.58 bits per heavy atom. The lowest BCUT2D eigenvalue weighted by Crippen LogP contribution is -2.20. The highest BCUT2D eigenvalue weighted by Gasteiger charge is 2.04. The normalized spacial score (nSPS) is 11.4. The molecule has 0 fully saturated rings. The molecule has 3 heteroatoms. The molecule has 3 nitrogen and oxygen atoms in total. The molecular formula is C16H31N3. The van der Waals surface area contributed by atoms with Crippen LogP contribution in [0.15, 0.2) is 6.07 Å². The molecule has 1 aromatic rings. The van der Waals surface area contributed by atoms with Crippen molar-refractivity contribution in [2.24, 2.45) is 5.92 Å². The van der Waals surface area contributed by atoms with Crippen LogP contribution >= 0.6 is 0 Å². The number of hydrogen-bond acceptors (Lipinski definition) is 2. The van der Waals surface area contributed by atoms with Crippen molar-refractivity contribution in [2.75, 3.05) is 13.1 Å². The Labute approximate surface area is 118 Å². The second-order valence-electron chi connectivity index (χ2n) is 5.72. The molecule has 0 aliphatic heterocycles. The first kappa shape index (κ1) is 16.2. The molecule has 0 saturated heterocycles. The van der Waals surface area contributed by atoms with E-state index in [9.17, 15) is 0 Å². The number of nitrogens with one attached hydrogen (secondary N) is 1. The van der Waals surface area contributed by atoms with Gasteiger partial charge in [-0.1, -0.05) is 34.1 Å². The first-order valence-corrected chi connectivity index (χ1v) is 7.93. The van der Waals surface area contributed by atoms with Crippen LogP contribution in [0.3, 0.4) is 0 Å². The third-order valence-electron chi connectivity index (χ3n) is 3.41. The Morgan fingerprint density at radius 2 is 1.95 bits per heavy atom. The molecule has 0 aromatic carbocycles. The van der Waals surface area contributed by atoms with Gasteiger partial charge in [-0.2, -0.15) is 5.10 Å². The van der Waals surface area contributed by atoms with Gasteiger partial charge in [0.25, 0.3) is 0 Å². The highest BCUT2D eigenvalue weighted by Crippen LogP contribution is 2.08. The molecule has 0 aliphatic rings. The number of aromatic nitrogens is 2. The van der Waals surface area contributed by atoms with Crippen LogP contribution in [0.1, 0.15) is 58.3 Å². The van der Waals surface area contributed by atoms with Crippen LogP contribution in [0.5, 0.6) is 0 Å². The fourth-order valence-electron chi connectivity index (χ4n) is 2.25. The van der Waals surface area contributed by atoms with Crippen LogP contribution in [0.25, 0.3) is 0 Å². The monoisotopic (exact) mass is 265 g/mol. The molecule has 0 saturated carbocycles. The summed E-state index contributed by atoms with van der Waals surface area (Å²) >= 11 is 0. The second-order valence-corrected chi connectivity index (χ2v) is 5.72. The first-order valence-electron chi connectivity index (χ1n) is 7.93. The van der Waals surface area contributed by atoms with Crippen molar-refractivity contribution in [3.63, 3.8) is 0 Å². The molecule has 1 heterocycles. The fraction of sp³-hybridized carbons (Fsp3) is 0.812. The number of hydrogen-bond donors (Lipinski definition) is 1. The van der Waals surface area contributed by atoms with Gasteiger partial charge in [0.05, 0.1) is 5.69 Å². The maximum absolute atomic E-state index is 4.66. The lowest BCUT2D eigenvalue weighted by atomic mass is 10.2. The Hall–Kier alpha value is -0.830. The minimum Gasteiger partial charge on any atom is -0.316 e.